The molecule has 0 bridgehead atoms. The maximum Gasteiger partial charge on any atom is 0.431 e. The topological polar surface area (TPSA) is 58.9 Å². The predicted molar refractivity (Wildman–Crippen MR) is 43.3 cm³/mol. The lowest BCUT2D eigenvalue weighted by Crippen LogP contribution is -2.08. The van der Waals surface area contributed by atoms with Gasteiger partial charge in [0.15, 0.2) is 0 Å². The number of hydrogen-bond acceptors (Lipinski definition) is 3. The molecule has 0 radical (unpaired) electrons. The van der Waals surface area contributed by atoms with Gasteiger partial charge in [0.05, 0.1) is 11.0 Å². The summed E-state index contributed by atoms with van der Waals surface area (Å²) in [6.07, 6.45) is -4.67. The first-order valence-corrected chi connectivity index (χ1v) is 3.67. The van der Waals surface area contributed by atoms with Gasteiger partial charge in [0, 0.05) is 6.07 Å². The summed E-state index contributed by atoms with van der Waals surface area (Å²) in [6.45, 7) is 0. The van der Waals surface area contributed by atoms with Crippen molar-refractivity contribution in [3.8, 4) is 0 Å². The van der Waals surface area contributed by atoms with Gasteiger partial charge in [0.25, 0.3) is 5.69 Å². The van der Waals surface area contributed by atoms with Gasteiger partial charge in [-0.3, -0.25) is 10.1 Å². The van der Waals surface area contributed by atoms with E-state index >= 15 is 0 Å². The summed E-state index contributed by atoms with van der Waals surface area (Å²) in [4.78, 5) is 11.1. The van der Waals surface area contributed by atoms with Crippen molar-refractivity contribution >= 4 is 17.9 Å². The lowest BCUT2D eigenvalue weighted by atomic mass is 10.3. The number of nitrogens with one attached hydrogen (secondary N) is 1. The van der Waals surface area contributed by atoms with E-state index in [0.717, 1.165) is 6.07 Å². The lowest BCUT2D eigenvalue weighted by Gasteiger charge is -2.05. The largest absolute Gasteiger partial charge is 0.431 e. The van der Waals surface area contributed by atoms with Crippen molar-refractivity contribution in [1.29, 1.82) is 0 Å². The molecule has 14 heavy (non-hydrogen) atoms. The van der Waals surface area contributed by atoms with Gasteiger partial charge in [-0.2, -0.15) is 13.2 Å². The second kappa shape index (κ2) is 3.37. The molecule has 0 aliphatic heterocycles. The smallest absolute Gasteiger partial charge is 0.342 e. The summed E-state index contributed by atoms with van der Waals surface area (Å²) in [7, 11) is 0. The molecule has 0 unspecified atom stereocenters. The van der Waals surface area contributed by atoms with E-state index in [1.807, 2.05) is 4.98 Å². The van der Waals surface area contributed by atoms with Gasteiger partial charge in [-0.15, -0.1) is 0 Å². The molecular weight excluding hydrogens is 221 g/mol. The Morgan fingerprint density at radius 1 is 1.43 bits per heavy atom. The summed E-state index contributed by atoms with van der Waals surface area (Å²) in [5, 5.41) is 10.2. The van der Waals surface area contributed by atoms with E-state index in [0.29, 0.717) is 6.07 Å². The molecule has 0 fully saturated rings. The first-order chi connectivity index (χ1) is 6.30. The highest BCUT2D eigenvalue weighted by Crippen LogP contribution is 2.29. The SMILES string of the molecule is O=[N+]([O-])c1cc(C(F)(F)F)[nH]c(=S)c1. The molecule has 0 aromatic carbocycles. The van der Waals surface area contributed by atoms with E-state index in [1.54, 1.807) is 0 Å². The van der Waals surface area contributed by atoms with Gasteiger partial charge >= 0.3 is 6.18 Å². The molecule has 1 N–H and O–H groups in total. The number of nitro groups is 1. The summed E-state index contributed by atoms with van der Waals surface area (Å²) >= 11 is 4.42. The van der Waals surface area contributed by atoms with Crippen molar-refractivity contribution in [3.63, 3.8) is 0 Å². The van der Waals surface area contributed by atoms with Crippen LogP contribution >= 0.6 is 12.2 Å². The number of halogens is 3. The van der Waals surface area contributed by atoms with E-state index in [-0.39, 0.29) is 4.64 Å². The molecule has 1 heterocycles. The van der Waals surface area contributed by atoms with Gasteiger partial charge in [-0.1, -0.05) is 12.2 Å². The zero-order valence-electron chi connectivity index (χ0n) is 6.46. The predicted octanol–water partition coefficient (Wildman–Crippen LogP) is 2.67. The molecule has 0 spiro atoms. The van der Waals surface area contributed by atoms with Gasteiger partial charge in [-0.25, -0.2) is 0 Å². The summed E-state index contributed by atoms with van der Waals surface area (Å²) in [5.41, 5.74) is -1.90. The van der Waals surface area contributed by atoms with Crippen LogP contribution in [0.4, 0.5) is 18.9 Å². The van der Waals surface area contributed by atoms with Gasteiger partial charge in [-0.05, 0) is 0 Å². The molecule has 1 aromatic rings. The minimum atomic E-state index is -4.67. The highest BCUT2D eigenvalue weighted by Gasteiger charge is 2.33. The number of aromatic amines is 1. The quantitative estimate of drug-likeness (QED) is 0.453. The first kappa shape index (κ1) is 10.6. The van der Waals surface area contributed by atoms with Crippen molar-refractivity contribution in [2.45, 2.75) is 6.18 Å². The van der Waals surface area contributed by atoms with Crippen molar-refractivity contribution in [2.75, 3.05) is 0 Å². The molecule has 0 saturated heterocycles. The maximum atomic E-state index is 12.1. The Morgan fingerprint density at radius 2 is 2.00 bits per heavy atom. The van der Waals surface area contributed by atoms with Gasteiger partial charge in [0.2, 0.25) is 0 Å². The highest BCUT2D eigenvalue weighted by atomic mass is 32.1. The molecule has 76 valence electrons. The fourth-order valence-corrected chi connectivity index (χ4v) is 1.02. The monoisotopic (exact) mass is 224 g/mol. The third-order valence-electron chi connectivity index (χ3n) is 1.35. The lowest BCUT2D eigenvalue weighted by molar-refractivity contribution is -0.385. The molecule has 1 rings (SSSR count). The molecule has 0 saturated carbocycles. The van der Waals surface area contributed by atoms with Crippen molar-refractivity contribution in [2.24, 2.45) is 0 Å². The van der Waals surface area contributed by atoms with E-state index in [4.69, 9.17) is 0 Å². The molecule has 8 heteroatoms. The Labute approximate surface area is 80.5 Å². The number of nitrogens with zero attached hydrogens (tertiary/aromatic N) is 1. The van der Waals surface area contributed by atoms with Crippen molar-refractivity contribution in [3.05, 3.63) is 32.6 Å². The number of H-pyrrole nitrogens is 1. The Morgan fingerprint density at radius 3 is 2.43 bits per heavy atom. The zero-order valence-corrected chi connectivity index (χ0v) is 7.28. The average Bonchev–Trinajstić information content (AvgIpc) is 2.01. The number of alkyl halides is 3. The molecule has 0 aliphatic rings. The van der Waals surface area contributed by atoms with E-state index in [9.17, 15) is 23.3 Å². The second-order valence-corrected chi connectivity index (χ2v) is 2.81. The van der Waals surface area contributed by atoms with Crippen LogP contribution in [0.5, 0.6) is 0 Å². The number of rotatable bonds is 1. The van der Waals surface area contributed by atoms with Gasteiger partial charge in [0.1, 0.15) is 10.3 Å². The van der Waals surface area contributed by atoms with Crippen LogP contribution in [0.15, 0.2) is 12.1 Å². The number of hydrogen-bond donors (Lipinski definition) is 1. The van der Waals surface area contributed by atoms with Crippen LogP contribution < -0.4 is 0 Å². The highest BCUT2D eigenvalue weighted by molar-refractivity contribution is 7.71. The molecule has 0 aliphatic carbocycles. The minimum Gasteiger partial charge on any atom is -0.342 e. The Hall–Kier alpha value is -1.44. The number of aromatic nitrogens is 1. The van der Waals surface area contributed by atoms with Crippen LogP contribution in [0, 0.1) is 14.8 Å². The minimum absolute atomic E-state index is 0.327. The Balaban J connectivity index is 3.35. The van der Waals surface area contributed by atoms with Crippen LogP contribution in [0.1, 0.15) is 5.69 Å². The first-order valence-electron chi connectivity index (χ1n) is 3.26. The zero-order chi connectivity index (χ0) is 10.9. The van der Waals surface area contributed by atoms with Crippen LogP contribution in [0.25, 0.3) is 0 Å². The number of pyridine rings is 1. The standard InChI is InChI=1S/C6H3F3N2O2S/c7-6(8,9)4-1-3(11(12)13)2-5(14)10-4/h1-2H,(H,10,14). The average molecular weight is 224 g/mol. The third kappa shape index (κ3) is 2.28. The Bertz CT molecular complexity index is 426. The van der Waals surface area contributed by atoms with Crippen LogP contribution in [0.3, 0.4) is 0 Å². The molecule has 0 atom stereocenters. The van der Waals surface area contributed by atoms with E-state index in [2.05, 4.69) is 12.2 Å². The third-order valence-corrected chi connectivity index (χ3v) is 1.57. The molecule has 1 aromatic heterocycles. The van der Waals surface area contributed by atoms with Crippen LogP contribution in [-0.2, 0) is 6.18 Å². The molecule has 4 nitrogen and oxygen atoms in total. The van der Waals surface area contributed by atoms with Crippen LogP contribution in [0.2, 0.25) is 0 Å². The molecular formula is C6H3F3N2O2S. The summed E-state index contributed by atoms with van der Waals surface area (Å²) in [5.74, 6) is 0. The van der Waals surface area contributed by atoms with Crippen molar-refractivity contribution in [1.82, 2.24) is 4.98 Å². The van der Waals surface area contributed by atoms with E-state index < -0.39 is 22.5 Å². The van der Waals surface area contributed by atoms with Gasteiger partial charge < -0.3 is 4.98 Å². The fraction of sp³-hybridized carbons (Fsp3) is 0.167. The Kier molecular flexibility index (Phi) is 2.56. The van der Waals surface area contributed by atoms with Crippen LogP contribution in [-0.4, -0.2) is 9.91 Å². The summed E-state index contributed by atoms with van der Waals surface area (Å²) < 4.78 is 36.0. The second-order valence-electron chi connectivity index (χ2n) is 2.37. The maximum absolute atomic E-state index is 12.1. The van der Waals surface area contributed by atoms with E-state index in [1.165, 1.54) is 0 Å². The normalized spacial score (nSPS) is 11.4. The molecule has 0 amide bonds. The fourth-order valence-electron chi connectivity index (χ4n) is 0.787. The summed E-state index contributed by atoms with van der Waals surface area (Å²) in [6, 6.07) is 1.25. The van der Waals surface area contributed by atoms with Crippen molar-refractivity contribution < 1.29 is 18.1 Å².